The number of carbonyl (C=O) groups is 1. The van der Waals surface area contributed by atoms with Gasteiger partial charge in [-0.25, -0.2) is 9.37 Å². The lowest BCUT2D eigenvalue weighted by Crippen LogP contribution is -2.44. The van der Waals surface area contributed by atoms with E-state index in [1.807, 2.05) is 11.0 Å². The Morgan fingerprint density at radius 1 is 1.26 bits per heavy atom. The van der Waals surface area contributed by atoms with E-state index in [1.54, 1.807) is 19.4 Å². The summed E-state index contributed by atoms with van der Waals surface area (Å²) < 4.78 is 19.5. The quantitative estimate of drug-likeness (QED) is 0.584. The van der Waals surface area contributed by atoms with Crippen molar-refractivity contribution in [3.63, 3.8) is 0 Å². The van der Waals surface area contributed by atoms with Gasteiger partial charge in [-0.15, -0.1) is 0 Å². The molecule has 2 N–H and O–H groups in total. The van der Waals surface area contributed by atoms with Crippen molar-refractivity contribution in [2.24, 2.45) is 0 Å². The molecule has 0 radical (unpaired) electrons. The van der Waals surface area contributed by atoms with Gasteiger partial charge in [-0.1, -0.05) is 6.08 Å². The normalized spacial score (nSPS) is 19.0. The largest absolute Gasteiger partial charge is 0.496 e. The zero-order chi connectivity index (χ0) is 23.7. The Morgan fingerprint density at radius 3 is 2.91 bits per heavy atom. The van der Waals surface area contributed by atoms with Crippen LogP contribution in [0.15, 0.2) is 42.6 Å². The molecule has 0 saturated carbocycles. The van der Waals surface area contributed by atoms with Gasteiger partial charge in [-0.3, -0.25) is 9.69 Å². The van der Waals surface area contributed by atoms with Crippen LogP contribution in [-0.2, 0) is 4.79 Å². The molecule has 0 bridgehead atoms. The number of ether oxygens (including phenoxy) is 1. The number of aliphatic hydroxyl groups excluding tert-OH is 1. The molecular formula is C26H29FN4O3. The van der Waals surface area contributed by atoms with E-state index in [4.69, 9.17) is 4.74 Å². The molecule has 2 aliphatic rings. The highest BCUT2D eigenvalue weighted by atomic mass is 19.1. The molecule has 4 heterocycles. The van der Waals surface area contributed by atoms with Gasteiger partial charge in [0.25, 0.3) is 0 Å². The summed E-state index contributed by atoms with van der Waals surface area (Å²) in [5.74, 6) is 0.382. The second-order valence-electron chi connectivity index (χ2n) is 8.93. The summed E-state index contributed by atoms with van der Waals surface area (Å²) in [5.41, 5.74) is 4.44. The Labute approximate surface area is 197 Å². The maximum Gasteiger partial charge on any atom is 0.237 e. The Bertz CT molecular complexity index is 1240. The smallest absolute Gasteiger partial charge is 0.237 e. The Balaban J connectivity index is 1.35. The van der Waals surface area contributed by atoms with Crippen molar-refractivity contribution in [1.29, 1.82) is 0 Å². The number of likely N-dealkylation sites (tertiary alicyclic amines) is 1. The predicted molar refractivity (Wildman–Crippen MR) is 129 cm³/mol. The first kappa shape index (κ1) is 22.6. The van der Waals surface area contributed by atoms with Gasteiger partial charge >= 0.3 is 0 Å². The lowest BCUT2D eigenvalue weighted by molar-refractivity contribution is -0.133. The molecule has 2 aromatic heterocycles. The summed E-state index contributed by atoms with van der Waals surface area (Å²) in [4.78, 5) is 24.5. The van der Waals surface area contributed by atoms with Crippen molar-refractivity contribution in [2.75, 3.05) is 39.9 Å². The van der Waals surface area contributed by atoms with Gasteiger partial charge in [0.05, 0.1) is 26.3 Å². The molecule has 1 amide bonds. The predicted octanol–water partition coefficient (Wildman–Crippen LogP) is 3.45. The van der Waals surface area contributed by atoms with E-state index in [0.717, 1.165) is 54.6 Å². The van der Waals surface area contributed by atoms with Crippen LogP contribution in [0.25, 0.3) is 27.7 Å². The third-order valence-electron chi connectivity index (χ3n) is 6.89. The second kappa shape index (κ2) is 9.56. The SMILES string of the molecule is COc1ccc(F)cc1-c1ccnc2[nH]c(C3=CCN(CC(=O)N4CCC[C@@H]4CO)CC3)cc12. The van der Waals surface area contributed by atoms with Crippen LogP contribution in [0.4, 0.5) is 4.39 Å². The molecule has 0 spiro atoms. The van der Waals surface area contributed by atoms with Crippen LogP contribution >= 0.6 is 0 Å². The number of hydrogen-bond acceptors (Lipinski definition) is 5. The average Bonchev–Trinajstić information content (AvgIpc) is 3.51. The molecule has 5 rings (SSSR count). The summed E-state index contributed by atoms with van der Waals surface area (Å²) in [6.45, 7) is 2.61. The molecule has 7 nitrogen and oxygen atoms in total. The van der Waals surface area contributed by atoms with Crippen LogP contribution in [0.1, 0.15) is 25.0 Å². The molecule has 0 aliphatic carbocycles. The maximum absolute atomic E-state index is 14.0. The molecule has 178 valence electrons. The first-order chi connectivity index (χ1) is 16.6. The van der Waals surface area contributed by atoms with Crippen molar-refractivity contribution in [3.8, 4) is 16.9 Å². The van der Waals surface area contributed by atoms with Gasteiger partial charge in [-0.2, -0.15) is 0 Å². The number of pyridine rings is 1. The van der Waals surface area contributed by atoms with Gasteiger partial charge in [0, 0.05) is 42.5 Å². The number of H-pyrrole nitrogens is 1. The molecule has 2 aliphatic heterocycles. The van der Waals surface area contributed by atoms with E-state index in [1.165, 1.54) is 17.7 Å². The van der Waals surface area contributed by atoms with Gasteiger partial charge in [0.15, 0.2) is 0 Å². The Hall–Kier alpha value is -3.23. The third-order valence-corrected chi connectivity index (χ3v) is 6.89. The van der Waals surface area contributed by atoms with Crippen LogP contribution in [-0.4, -0.2) is 76.7 Å². The zero-order valence-electron chi connectivity index (χ0n) is 19.3. The lowest BCUT2D eigenvalue weighted by atomic mass is 10.0. The van der Waals surface area contributed by atoms with E-state index >= 15 is 0 Å². The lowest BCUT2D eigenvalue weighted by Gasteiger charge is -2.29. The fraction of sp³-hybridized carbons (Fsp3) is 0.385. The number of nitrogens with zero attached hydrogens (tertiary/aromatic N) is 3. The summed E-state index contributed by atoms with van der Waals surface area (Å²) in [7, 11) is 1.58. The van der Waals surface area contributed by atoms with Crippen LogP contribution in [0.5, 0.6) is 5.75 Å². The molecule has 0 unspecified atom stereocenters. The number of aromatic amines is 1. The zero-order valence-corrected chi connectivity index (χ0v) is 19.3. The van der Waals surface area contributed by atoms with E-state index in [9.17, 15) is 14.3 Å². The number of amides is 1. The molecule has 1 atom stereocenters. The van der Waals surface area contributed by atoms with Crippen molar-refractivity contribution >= 4 is 22.5 Å². The van der Waals surface area contributed by atoms with Crippen LogP contribution in [0.3, 0.4) is 0 Å². The van der Waals surface area contributed by atoms with Crippen LogP contribution in [0.2, 0.25) is 0 Å². The number of carbonyl (C=O) groups excluding carboxylic acids is 1. The van der Waals surface area contributed by atoms with E-state index in [-0.39, 0.29) is 24.4 Å². The fourth-order valence-corrected chi connectivity index (χ4v) is 5.06. The minimum Gasteiger partial charge on any atom is -0.496 e. The summed E-state index contributed by atoms with van der Waals surface area (Å²) in [5, 5.41) is 10.4. The molecule has 3 aromatic rings. The number of halogens is 1. The Morgan fingerprint density at radius 2 is 2.15 bits per heavy atom. The number of benzene rings is 1. The molecular weight excluding hydrogens is 435 g/mol. The summed E-state index contributed by atoms with van der Waals surface area (Å²) in [6.07, 6.45) is 6.51. The first-order valence-corrected chi connectivity index (χ1v) is 11.7. The highest BCUT2D eigenvalue weighted by molar-refractivity contribution is 5.96. The monoisotopic (exact) mass is 464 g/mol. The van der Waals surface area contributed by atoms with E-state index in [2.05, 4.69) is 27.0 Å². The molecule has 34 heavy (non-hydrogen) atoms. The van der Waals surface area contributed by atoms with Gasteiger partial charge in [-0.05, 0) is 60.7 Å². The highest BCUT2D eigenvalue weighted by Gasteiger charge is 2.29. The minimum absolute atomic E-state index is 0.0341. The fourth-order valence-electron chi connectivity index (χ4n) is 5.06. The topological polar surface area (TPSA) is 81.7 Å². The number of fused-ring (bicyclic) bond motifs is 1. The standard InChI is InChI=1S/C26H29FN4O3/c1-34-24-5-4-18(27)13-21(24)20-6-9-28-26-22(20)14-23(29-26)17-7-11-30(12-8-17)15-25(33)31-10-2-3-19(31)16-32/h4-7,9,13-14,19,32H,2-3,8,10-12,15-16H2,1H3,(H,28,29)/t19-/m1/s1. The first-order valence-electron chi connectivity index (χ1n) is 11.7. The van der Waals surface area contributed by atoms with Crippen molar-refractivity contribution in [3.05, 3.63) is 54.1 Å². The number of rotatable bonds is 6. The Kier molecular flexibility index (Phi) is 6.34. The van der Waals surface area contributed by atoms with Crippen molar-refractivity contribution in [1.82, 2.24) is 19.8 Å². The van der Waals surface area contributed by atoms with Gasteiger partial charge < -0.3 is 19.7 Å². The van der Waals surface area contributed by atoms with Gasteiger partial charge in [0.1, 0.15) is 17.2 Å². The summed E-state index contributed by atoms with van der Waals surface area (Å²) in [6, 6.07) is 8.40. The number of aromatic nitrogens is 2. The molecule has 1 aromatic carbocycles. The van der Waals surface area contributed by atoms with Crippen molar-refractivity contribution in [2.45, 2.75) is 25.3 Å². The van der Waals surface area contributed by atoms with Gasteiger partial charge in [0.2, 0.25) is 5.91 Å². The average molecular weight is 465 g/mol. The third kappa shape index (κ3) is 4.31. The minimum atomic E-state index is -0.319. The highest BCUT2D eigenvalue weighted by Crippen LogP contribution is 2.36. The van der Waals surface area contributed by atoms with E-state index < -0.39 is 0 Å². The summed E-state index contributed by atoms with van der Waals surface area (Å²) >= 11 is 0. The number of hydrogen-bond donors (Lipinski definition) is 2. The van der Waals surface area contributed by atoms with E-state index in [0.29, 0.717) is 24.4 Å². The van der Waals surface area contributed by atoms with Crippen LogP contribution in [0, 0.1) is 5.82 Å². The number of aliphatic hydroxyl groups is 1. The molecule has 8 heteroatoms. The van der Waals surface area contributed by atoms with Crippen molar-refractivity contribution < 1.29 is 19.0 Å². The number of nitrogens with one attached hydrogen (secondary N) is 1. The number of methoxy groups -OCH3 is 1. The molecule has 1 saturated heterocycles. The second-order valence-corrected chi connectivity index (χ2v) is 8.93. The van der Waals surface area contributed by atoms with Crippen LogP contribution < -0.4 is 4.74 Å². The molecule has 1 fully saturated rings. The maximum atomic E-state index is 14.0.